The maximum Gasteiger partial charge on any atom is 0.145 e. The minimum atomic E-state index is 0.629. The molecule has 7 heteroatoms. The fraction of sp³-hybridized carbons (Fsp3) is 0.192. The second-order valence-electron chi connectivity index (χ2n) is 7.84. The number of pyridine rings is 1. The average molecular weight is 439 g/mol. The van der Waals surface area contributed by atoms with Crippen molar-refractivity contribution in [2.75, 3.05) is 25.5 Å². The number of hydrogen-bond acceptors (Lipinski definition) is 6. The van der Waals surface area contributed by atoms with Crippen molar-refractivity contribution in [2.45, 2.75) is 13.0 Å². The standard InChI is InChI=1S/C26H26N6O/c1-27-12-5-15-33-24-8-4-7-22-25(24)26(30-18-29-22)31-20-9-10-23-19(16-20)11-14-32(23)17-21-6-2-3-13-28-21/h2-4,6-11,13-14,16,18,27H,5,12,15,17H2,1H3,(H,29,30,31). The molecule has 0 radical (unpaired) electrons. The summed E-state index contributed by atoms with van der Waals surface area (Å²) in [7, 11) is 1.94. The number of nitrogens with one attached hydrogen (secondary N) is 2. The van der Waals surface area contributed by atoms with Crippen LogP contribution in [0.5, 0.6) is 5.75 Å². The number of nitrogens with zero attached hydrogens (tertiary/aromatic N) is 4. The Kier molecular flexibility index (Phi) is 6.12. The summed E-state index contributed by atoms with van der Waals surface area (Å²) in [5, 5.41) is 8.65. The third-order valence-electron chi connectivity index (χ3n) is 5.55. The molecule has 0 amide bonds. The summed E-state index contributed by atoms with van der Waals surface area (Å²) in [6.07, 6.45) is 6.43. The highest BCUT2D eigenvalue weighted by Crippen LogP contribution is 2.32. The fourth-order valence-electron chi connectivity index (χ4n) is 3.94. The third kappa shape index (κ3) is 4.63. The highest BCUT2D eigenvalue weighted by molar-refractivity contribution is 5.96. The van der Waals surface area contributed by atoms with Crippen molar-refractivity contribution in [1.82, 2.24) is 24.8 Å². The van der Waals surface area contributed by atoms with Crippen molar-refractivity contribution in [3.63, 3.8) is 0 Å². The maximum absolute atomic E-state index is 6.06. The van der Waals surface area contributed by atoms with E-state index in [9.17, 15) is 0 Å². The molecule has 0 saturated heterocycles. The lowest BCUT2D eigenvalue weighted by atomic mass is 10.2. The number of rotatable bonds is 9. The Morgan fingerprint density at radius 1 is 0.970 bits per heavy atom. The Labute approximate surface area is 192 Å². The van der Waals surface area contributed by atoms with Gasteiger partial charge in [-0.1, -0.05) is 12.1 Å². The van der Waals surface area contributed by atoms with Crippen molar-refractivity contribution in [2.24, 2.45) is 0 Å². The van der Waals surface area contributed by atoms with Crippen molar-refractivity contribution < 1.29 is 4.74 Å². The van der Waals surface area contributed by atoms with E-state index in [0.717, 1.165) is 64.3 Å². The first-order valence-corrected chi connectivity index (χ1v) is 11.1. The topological polar surface area (TPSA) is 76.9 Å². The fourth-order valence-corrected chi connectivity index (χ4v) is 3.94. The Hall–Kier alpha value is -3.97. The van der Waals surface area contributed by atoms with Gasteiger partial charge in [0.1, 0.15) is 17.9 Å². The highest BCUT2D eigenvalue weighted by atomic mass is 16.5. The number of ether oxygens (including phenoxy) is 1. The zero-order chi connectivity index (χ0) is 22.5. The Morgan fingerprint density at radius 2 is 1.94 bits per heavy atom. The predicted molar refractivity (Wildman–Crippen MR) is 132 cm³/mol. The molecule has 3 heterocycles. The molecule has 0 saturated carbocycles. The molecule has 166 valence electrons. The molecule has 33 heavy (non-hydrogen) atoms. The van der Waals surface area contributed by atoms with E-state index < -0.39 is 0 Å². The molecule has 5 aromatic rings. The van der Waals surface area contributed by atoms with Crippen molar-refractivity contribution in [3.8, 4) is 5.75 Å². The molecule has 0 bridgehead atoms. The van der Waals surface area contributed by atoms with E-state index in [1.54, 1.807) is 6.33 Å². The monoisotopic (exact) mass is 438 g/mol. The summed E-state index contributed by atoms with van der Waals surface area (Å²) in [4.78, 5) is 13.4. The van der Waals surface area contributed by atoms with Gasteiger partial charge in [0.15, 0.2) is 0 Å². The summed E-state index contributed by atoms with van der Waals surface area (Å²) < 4.78 is 8.27. The summed E-state index contributed by atoms with van der Waals surface area (Å²) in [6.45, 7) is 2.28. The molecule has 0 atom stereocenters. The van der Waals surface area contributed by atoms with E-state index in [1.165, 1.54) is 0 Å². The number of benzene rings is 2. The van der Waals surface area contributed by atoms with E-state index in [-0.39, 0.29) is 0 Å². The van der Waals surface area contributed by atoms with Crippen LogP contribution in [0, 0.1) is 0 Å². The quantitative estimate of drug-likeness (QED) is 0.323. The lowest BCUT2D eigenvalue weighted by Crippen LogP contribution is -2.11. The third-order valence-corrected chi connectivity index (χ3v) is 5.55. The minimum absolute atomic E-state index is 0.629. The van der Waals surface area contributed by atoms with Gasteiger partial charge >= 0.3 is 0 Å². The Bertz CT molecular complexity index is 1360. The van der Waals surface area contributed by atoms with E-state index in [0.29, 0.717) is 6.61 Å². The van der Waals surface area contributed by atoms with Gasteiger partial charge in [0.2, 0.25) is 0 Å². The summed E-state index contributed by atoms with van der Waals surface area (Å²) in [5.74, 6) is 1.52. The first-order chi connectivity index (χ1) is 16.3. The summed E-state index contributed by atoms with van der Waals surface area (Å²) in [5.41, 5.74) is 4.00. The van der Waals surface area contributed by atoms with Gasteiger partial charge < -0.3 is 19.9 Å². The van der Waals surface area contributed by atoms with Crippen molar-refractivity contribution >= 4 is 33.3 Å². The normalized spacial score (nSPS) is 11.2. The van der Waals surface area contributed by atoms with Crippen molar-refractivity contribution in [1.29, 1.82) is 0 Å². The van der Waals surface area contributed by atoms with Gasteiger partial charge in [-0.05, 0) is 68.5 Å². The van der Waals surface area contributed by atoms with E-state index in [4.69, 9.17) is 4.74 Å². The second kappa shape index (κ2) is 9.67. The maximum atomic E-state index is 6.06. The zero-order valence-electron chi connectivity index (χ0n) is 18.5. The van der Waals surface area contributed by atoms with E-state index in [1.807, 2.05) is 49.6 Å². The van der Waals surface area contributed by atoms with Gasteiger partial charge in [-0.3, -0.25) is 4.98 Å². The van der Waals surface area contributed by atoms with Crippen LogP contribution in [0.25, 0.3) is 21.8 Å². The van der Waals surface area contributed by atoms with Crippen LogP contribution < -0.4 is 15.4 Å². The van der Waals surface area contributed by atoms with Crippen LogP contribution >= 0.6 is 0 Å². The summed E-state index contributed by atoms with van der Waals surface area (Å²) in [6, 6.07) is 20.4. The van der Waals surface area contributed by atoms with Crippen molar-refractivity contribution in [3.05, 3.63) is 85.1 Å². The molecule has 0 fully saturated rings. The van der Waals surface area contributed by atoms with Gasteiger partial charge in [0, 0.05) is 29.0 Å². The van der Waals surface area contributed by atoms with Gasteiger partial charge in [0.05, 0.1) is 29.7 Å². The molecule has 2 N–H and O–H groups in total. The number of hydrogen-bond donors (Lipinski definition) is 2. The van der Waals surface area contributed by atoms with Gasteiger partial charge in [0.25, 0.3) is 0 Å². The molecular formula is C26H26N6O. The van der Waals surface area contributed by atoms with Gasteiger partial charge in [-0.2, -0.15) is 0 Å². The van der Waals surface area contributed by atoms with E-state index in [2.05, 4.69) is 60.6 Å². The minimum Gasteiger partial charge on any atom is -0.493 e. The lowest BCUT2D eigenvalue weighted by Gasteiger charge is -2.13. The number of aromatic nitrogens is 4. The first-order valence-electron chi connectivity index (χ1n) is 11.1. The van der Waals surface area contributed by atoms with Crippen LogP contribution in [0.3, 0.4) is 0 Å². The smallest absolute Gasteiger partial charge is 0.145 e. The first kappa shape index (κ1) is 20.9. The molecule has 7 nitrogen and oxygen atoms in total. The SMILES string of the molecule is CNCCCOc1cccc2ncnc(Nc3ccc4c(ccn4Cc4ccccn4)c3)c12. The predicted octanol–water partition coefficient (Wildman–Crippen LogP) is 4.76. The molecule has 0 unspecified atom stereocenters. The molecule has 2 aromatic carbocycles. The lowest BCUT2D eigenvalue weighted by molar-refractivity contribution is 0.313. The Balaban J connectivity index is 1.41. The molecule has 0 aliphatic rings. The van der Waals surface area contributed by atoms with Crippen LogP contribution in [0.2, 0.25) is 0 Å². The molecule has 0 aliphatic carbocycles. The van der Waals surface area contributed by atoms with Crippen LogP contribution in [0.1, 0.15) is 12.1 Å². The largest absolute Gasteiger partial charge is 0.493 e. The highest BCUT2D eigenvalue weighted by Gasteiger charge is 2.11. The number of fused-ring (bicyclic) bond motifs is 2. The molecule has 0 aliphatic heterocycles. The average Bonchev–Trinajstić information content (AvgIpc) is 3.24. The molecular weight excluding hydrogens is 412 g/mol. The summed E-state index contributed by atoms with van der Waals surface area (Å²) >= 11 is 0. The molecule has 5 rings (SSSR count). The Morgan fingerprint density at radius 3 is 2.82 bits per heavy atom. The van der Waals surface area contributed by atoms with Crippen LogP contribution in [0.4, 0.5) is 11.5 Å². The van der Waals surface area contributed by atoms with Crippen LogP contribution in [-0.2, 0) is 6.54 Å². The molecule has 0 spiro atoms. The van der Waals surface area contributed by atoms with E-state index >= 15 is 0 Å². The van der Waals surface area contributed by atoms with Crippen LogP contribution in [0.15, 0.2) is 79.4 Å². The second-order valence-corrected chi connectivity index (χ2v) is 7.84. The van der Waals surface area contributed by atoms with Gasteiger partial charge in [-0.15, -0.1) is 0 Å². The number of anilines is 2. The van der Waals surface area contributed by atoms with Gasteiger partial charge in [-0.25, -0.2) is 9.97 Å². The molecule has 3 aromatic heterocycles. The van der Waals surface area contributed by atoms with Crippen LogP contribution in [-0.4, -0.2) is 39.7 Å². The zero-order valence-corrected chi connectivity index (χ0v) is 18.5.